The van der Waals surface area contributed by atoms with Gasteiger partial charge < -0.3 is 4.90 Å². The number of halogens is 1. The van der Waals surface area contributed by atoms with E-state index in [1.54, 1.807) is 16.8 Å². The minimum Gasteiger partial charge on any atom is -0.332 e. The van der Waals surface area contributed by atoms with Crippen LogP contribution in [0.2, 0.25) is 0 Å². The van der Waals surface area contributed by atoms with Crippen molar-refractivity contribution in [2.45, 2.75) is 25.4 Å². The third-order valence-electron chi connectivity index (χ3n) is 6.50. The molecule has 0 N–H and O–H groups in total. The van der Waals surface area contributed by atoms with Gasteiger partial charge in [0.15, 0.2) is 5.69 Å². The quantitative estimate of drug-likeness (QED) is 0.376. The molecule has 1 aliphatic heterocycles. The predicted octanol–water partition coefficient (Wildman–Crippen LogP) is 4.70. The van der Waals surface area contributed by atoms with Crippen molar-refractivity contribution in [3.63, 3.8) is 0 Å². The molecule has 0 saturated carbocycles. The molecule has 0 spiro atoms. The van der Waals surface area contributed by atoms with Crippen molar-refractivity contribution in [1.29, 1.82) is 0 Å². The van der Waals surface area contributed by atoms with Gasteiger partial charge in [-0.3, -0.25) is 14.5 Å². The zero-order chi connectivity index (χ0) is 23.8. The van der Waals surface area contributed by atoms with E-state index in [-0.39, 0.29) is 17.8 Å². The van der Waals surface area contributed by atoms with E-state index in [1.165, 1.54) is 12.3 Å². The van der Waals surface area contributed by atoms with Crippen LogP contribution in [-0.2, 0) is 6.54 Å². The number of pyridine rings is 2. The second kappa shape index (κ2) is 8.79. The SMILES string of the molecule is O=C(c1nn2ccccc2c1-c1ccccc1)N1CCC[C@H]1Cn1cc(-c2ccc(F)cn2)cn1. The molecule has 35 heavy (non-hydrogen) atoms. The number of fused-ring (bicyclic) bond motifs is 1. The second-order valence-electron chi connectivity index (χ2n) is 8.73. The van der Waals surface area contributed by atoms with Crippen molar-refractivity contribution in [3.05, 3.63) is 97.0 Å². The summed E-state index contributed by atoms with van der Waals surface area (Å²) in [7, 11) is 0. The van der Waals surface area contributed by atoms with Crippen molar-refractivity contribution >= 4 is 11.4 Å². The number of carbonyl (C=O) groups excluding carboxylic acids is 1. The summed E-state index contributed by atoms with van der Waals surface area (Å²) in [5.74, 6) is -0.439. The topological polar surface area (TPSA) is 68.3 Å². The average molecular weight is 467 g/mol. The number of hydrogen-bond acceptors (Lipinski definition) is 4. The number of hydrogen-bond donors (Lipinski definition) is 0. The molecule has 1 amide bonds. The summed E-state index contributed by atoms with van der Waals surface area (Å²) in [4.78, 5) is 19.9. The number of benzene rings is 1. The van der Waals surface area contributed by atoms with Crippen LogP contribution in [0.5, 0.6) is 0 Å². The summed E-state index contributed by atoms with van der Waals surface area (Å²) in [6.07, 6.45) is 8.50. The number of likely N-dealkylation sites (tertiary alicyclic amines) is 1. The molecule has 7 nitrogen and oxygen atoms in total. The largest absolute Gasteiger partial charge is 0.332 e. The molecule has 5 aromatic rings. The lowest BCUT2D eigenvalue weighted by Crippen LogP contribution is -2.38. The molecule has 1 atom stereocenters. The highest BCUT2D eigenvalue weighted by molar-refractivity contribution is 6.03. The molecule has 0 bridgehead atoms. The van der Waals surface area contributed by atoms with Crippen LogP contribution in [-0.4, -0.2) is 47.8 Å². The molecular formula is C27H23FN6O. The molecule has 6 rings (SSSR count). The summed E-state index contributed by atoms with van der Waals surface area (Å²) < 4.78 is 16.8. The molecule has 8 heteroatoms. The Bertz CT molecular complexity index is 1490. The van der Waals surface area contributed by atoms with Crippen LogP contribution >= 0.6 is 0 Å². The maximum absolute atomic E-state index is 13.8. The van der Waals surface area contributed by atoms with Crippen molar-refractivity contribution in [1.82, 2.24) is 29.3 Å². The van der Waals surface area contributed by atoms with E-state index in [1.807, 2.05) is 70.5 Å². The molecule has 1 aromatic carbocycles. The van der Waals surface area contributed by atoms with Gasteiger partial charge in [-0.05, 0) is 42.7 Å². The maximum Gasteiger partial charge on any atom is 0.275 e. The number of nitrogens with zero attached hydrogens (tertiary/aromatic N) is 6. The summed E-state index contributed by atoms with van der Waals surface area (Å²) >= 11 is 0. The zero-order valence-electron chi connectivity index (χ0n) is 19.0. The van der Waals surface area contributed by atoms with Crippen molar-refractivity contribution < 1.29 is 9.18 Å². The Kier molecular flexibility index (Phi) is 5.33. The third-order valence-corrected chi connectivity index (χ3v) is 6.50. The highest BCUT2D eigenvalue weighted by Gasteiger charge is 2.33. The Balaban J connectivity index is 1.29. The first-order valence-corrected chi connectivity index (χ1v) is 11.7. The van der Waals surface area contributed by atoms with Gasteiger partial charge >= 0.3 is 0 Å². The first kappa shape index (κ1) is 21.2. The van der Waals surface area contributed by atoms with Gasteiger partial charge in [0.1, 0.15) is 5.82 Å². The van der Waals surface area contributed by atoms with Crippen LogP contribution < -0.4 is 0 Å². The number of rotatable bonds is 5. The molecular weight excluding hydrogens is 443 g/mol. The van der Waals surface area contributed by atoms with E-state index < -0.39 is 0 Å². The Morgan fingerprint density at radius 3 is 2.69 bits per heavy atom. The van der Waals surface area contributed by atoms with Gasteiger partial charge in [0, 0.05) is 30.1 Å². The van der Waals surface area contributed by atoms with Crippen molar-refractivity contribution in [2.24, 2.45) is 0 Å². The Morgan fingerprint density at radius 1 is 1.00 bits per heavy atom. The van der Waals surface area contributed by atoms with Crippen LogP contribution in [0.25, 0.3) is 27.9 Å². The van der Waals surface area contributed by atoms with Gasteiger partial charge in [0.25, 0.3) is 5.91 Å². The van der Waals surface area contributed by atoms with Crippen LogP contribution in [0.3, 0.4) is 0 Å². The van der Waals surface area contributed by atoms with Gasteiger partial charge in [-0.15, -0.1) is 0 Å². The van der Waals surface area contributed by atoms with E-state index in [0.717, 1.165) is 35.0 Å². The van der Waals surface area contributed by atoms with Gasteiger partial charge in [0.05, 0.1) is 36.2 Å². The zero-order valence-corrected chi connectivity index (χ0v) is 19.0. The average Bonchev–Trinajstić information content (AvgIpc) is 3.63. The van der Waals surface area contributed by atoms with E-state index in [9.17, 15) is 9.18 Å². The van der Waals surface area contributed by atoms with Gasteiger partial charge in [0.2, 0.25) is 0 Å². The van der Waals surface area contributed by atoms with Gasteiger partial charge in [-0.2, -0.15) is 10.2 Å². The van der Waals surface area contributed by atoms with Crippen LogP contribution in [0.4, 0.5) is 4.39 Å². The van der Waals surface area contributed by atoms with Gasteiger partial charge in [-0.25, -0.2) is 8.91 Å². The highest BCUT2D eigenvalue weighted by Crippen LogP contribution is 2.31. The Morgan fingerprint density at radius 2 is 1.86 bits per heavy atom. The highest BCUT2D eigenvalue weighted by atomic mass is 19.1. The summed E-state index contributed by atoms with van der Waals surface area (Å²) in [5.41, 5.74) is 4.66. The standard InChI is InChI=1S/C27H23FN6O/c28-21-11-12-23(29-16-21)20-15-30-32(17-20)18-22-9-6-13-33(22)27(35)26-25(19-7-2-1-3-8-19)24-10-4-5-14-34(24)31-26/h1-5,7-8,10-12,14-17,22H,6,9,13,18H2/t22-/m0/s1. The fourth-order valence-electron chi connectivity index (χ4n) is 4.82. The molecule has 1 fully saturated rings. The van der Waals surface area contributed by atoms with E-state index >= 15 is 0 Å². The maximum atomic E-state index is 13.8. The normalized spacial score (nSPS) is 15.7. The fourth-order valence-corrected chi connectivity index (χ4v) is 4.82. The van der Waals surface area contributed by atoms with Crippen molar-refractivity contribution in [2.75, 3.05) is 6.54 Å². The van der Waals surface area contributed by atoms with E-state index in [0.29, 0.717) is 24.5 Å². The van der Waals surface area contributed by atoms with Crippen molar-refractivity contribution in [3.8, 4) is 22.4 Å². The number of amides is 1. The van der Waals surface area contributed by atoms with Crippen LogP contribution in [0, 0.1) is 5.82 Å². The summed E-state index contributed by atoms with van der Waals surface area (Å²) in [6, 6.07) is 18.8. The molecule has 174 valence electrons. The fraction of sp³-hybridized carbons (Fsp3) is 0.185. The first-order valence-electron chi connectivity index (χ1n) is 11.7. The lowest BCUT2D eigenvalue weighted by molar-refractivity contribution is 0.0716. The minimum atomic E-state index is -0.372. The molecule has 0 unspecified atom stereocenters. The Labute approximate surface area is 201 Å². The molecule has 4 aromatic heterocycles. The number of aromatic nitrogens is 5. The summed E-state index contributed by atoms with van der Waals surface area (Å²) in [6.45, 7) is 1.25. The Hall–Kier alpha value is -4.33. The first-order chi connectivity index (χ1) is 17.2. The third kappa shape index (κ3) is 3.97. The molecule has 5 heterocycles. The molecule has 1 aliphatic rings. The molecule has 0 radical (unpaired) electrons. The second-order valence-corrected chi connectivity index (χ2v) is 8.73. The predicted molar refractivity (Wildman–Crippen MR) is 130 cm³/mol. The molecule has 1 saturated heterocycles. The smallest absolute Gasteiger partial charge is 0.275 e. The molecule has 0 aliphatic carbocycles. The van der Waals surface area contributed by atoms with Crippen LogP contribution in [0.15, 0.2) is 85.5 Å². The summed E-state index contributed by atoms with van der Waals surface area (Å²) in [5, 5.41) is 9.16. The lowest BCUT2D eigenvalue weighted by Gasteiger charge is -2.24. The van der Waals surface area contributed by atoms with E-state index in [2.05, 4.69) is 10.1 Å². The lowest BCUT2D eigenvalue weighted by atomic mass is 10.0. The minimum absolute atomic E-state index is 0.00450. The number of carbonyl (C=O) groups is 1. The monoisotopic (exact) mass is 466 g/mol. The van der Waals surface area contributed by atoms with Crippen LogP contribution in [0.1, 0.15) is 23.3 Å². The van der Waals surface area contributed by atoms with Gasteiger partial charge in [-0.1, -0.05) is 36.4 Å². The van der Waals surface area contributed by atoms with E-state index in [4.69, 9.17) is 5.10 Å².